The minimum Gasteiger partial charge on any atom is -0.496 e. The van der Waals surface area contributed by atoms with Gasteiger partial charge in [0.1, 0.15) is 11.6 Å². The minimum atomic E-state index is 0.0943. The largest absolute Gasteiger partial charge is 0.496 e. The van der Waals surface area contributed by atoms with Crippen molar-refractivity contribution in [1.82, 2.24) is 19.4 Å². The lowest BCUT2D eigenvalue weighted by Gasteiger charge is -2.33. The van der Waals surface area contributed by atoms with Crippen LogP contribution in [0.15, 0.2) is 30.6 Å². The molecule has 0 unspecified atom stereocenters. The van der Waals surface area contributed by atoms with Gasteiger partial charge in [0.15, 0.2) is 0 Å². The Labute approximate surface area is 161 Å². The van der Waals surface area contributed by atoms with Crippen LogP contribution in [0, 0.1) is 6.92 Å². The van der Waals surface area contributed by atoms with Gasteiger partial charge < -0.3 is 19.1 Å². The predicted molar refractivity (Wildman–Crippen MR) is 106 cm³/mol. The fraction of sp³-hybridized carbons (Fsp3) is 0.524. The molecular formula is C21H30N4O2. The summed E-state index contributed by atoms with van der Waals surface area (Å²) in [7, 11) is 5.81. The van der Waals surface area contributed by atoms with Crippen LogP contribution >= 0.6 is 0 Å². The average molecular weight is 370 g/mol. The lowest BCUT2D eigenvalue weighted by molar-refractivity contribution is 0.0703. The Morgan fingerprint density at radius 2 is 2.19 bits per heavy atom. The van der Waals surface area contributed by atoms with Crippen LogP contribution in [0.2, 0.25) is 0 Å². The van der Waals surface area contributed by atoms with E-state index in [4.69, 9.17) is 4.74 Å². The third-order valence-corrected chi connectivity index (χ3v) is 5.25. The number of aromatic nitrogens is 2. The van der Waals surface area contributed by atoms with E-state index in [0.717, 1.165) is 61.7 Å². The van der Waals surface area contributed by atoms with E-state index in [9.17, 15) is 4.79 Å². The number of methoxy groups -OCH3 is 1. The highest BCUT2D eigenvalue weighted by Crippen LogP contribution is 2.27. The molecule has 0 spiro atoms. The molecule has 0 saturated carbocycles. The molecule has 1 amide bonds. The summed E-state index contributed by atoms with van der Waals surface area (Å²) in [6, 6.07) is 5.65. The third-order valence-electron chi connectivity index (χ3n) is 5.25. The van der Waals surface area contributed by atoms with Crippen molar-refractivity contribution in [2.45, 2.75) is 32.2 Å². The molecule has 0 radical (unpaired) electrons. The second-order valence-electron chi connectivity index (χ2n) is 7.56. The normalized spacial score (nSPS) is 17.4. The second kappa shape index (κ2) is 8.57. The van der Waals surface area contributed by atoms with Gasteiger partial charge in [0.2, 0.25) is 0 Å². The first-order valence-corrected chi connectivity index (χ1v) is 9.59. The van der Waals surface area contributed by atoms with Crippen LogP contribution in [-0.4, -0.2) is 66.1 Å². The molecule has 6 heteroatoms. The summed E-state index contributed by atoms with van der Waals surface area (Å²) in [5.41, 5.74) is 1.71. The maximum absolute atomic E-state index is 13.0. The van der Waals surface area contributed by atoms with E-state index in [1.807, 2.05) is 42.4 Å². The summed E-state index contributed by atoms with van der Waals surface area (Å²) in [6.45, 7) is 5.40. The molecule has 27 heavy (non-hydrogen) atoms. The summed E-state index contributed by atoms with van der Waals surface area (Å²) in [5.74, 6) is 2.29. The number of likely N-dealkylation sites (N-methyl/N-ethyl adjacent to an activating group) is 1. The number of hydrogen-bond donors (Lipinski definition) is 0. The Bertz CT molecular complexity index is 784. The van der Waals surface area contributed by atoms with Crippen molar-refractivity contribution in [2.75, 3.05) is 40.8 Å². The molecule has 1 atom stereocenters. The van der Waals surface area contributed by atoms with Gasteiger partial charge in [-0.25, -0.2) is 4.98 Å². The SMILES string of the molecule is COc1ccc(C(=O)N2CCC[C@H](c3nccn3CCN(C)C)C2)cc1C. The Morgan fingerprint density at radius 3 is 2.89 bits per heavy atom. The highest BCUT2D eigenvalue weighted by atomic mass is 16.5. The minimum absolute atomic E-state index is 0.0943. The number of aryl methyl sites for hydroxylation is 1. The molecule has 1 aromatic carbocycles. The Hall–Kier alpha value is -2.34. The van der Waals surface area contributed by atoms with Crippen LogP contribution in [0.3, 0.4) is 0 Å². The number of likely N-dealkylation sites (tertiary alicyclic amines) is 1. The molecule has 146 valence electrons. The highest BCUT2D eigenvalue weighted by molar-refractivity contribution is 5.94. The number of nitrogens with zero attached hydrogens (tertiary/aromatic N) is 4. The maximum Gasteiger partial charge on any atom is 0.253 e. The molecule has 3 rings (SSSR count). The van der Waals surface area contributed by atoms with Crippen LogP contribution in [0.25, 0.3) is 0 Å². The van der Waals surface area contributed by atoms with Crippen molar-refractivity contribution in [3.63, 3.8) is 0 Å². The molecule has 1 aliphatic rings. The Balaban J connectivity index is 1.72. The first-order valence-electron chi connectivity index (χ1n) is 9.59. The Morgan fingerprint density at radius 1 is 1.37 bits per heavy atom. The van der Waals surface area contributed by atoms with Gasteiger partial charge in [-0.2, -0.15) is 0 Å². The molecule has 0 bridgehead atoms. The van der Waals surface area contributed by atoms with Crippen LogP contribution in [0.4, 0.5) is 0 Å². The van der Waals surface area contributed by atoms with Crippen molar-refractivity contribution in [3.8, 4) is 5.75 Å². The van der Waals surface area contributed by atoms with Gasteiger partial charge in [0.25, 0.3) is 5.91 Å². The molecule has 0 aliphatic carbocycles. The maximum atomic E-state index is 13.0. The monoisotopic (exact) mass is 370 g/mol. The van der Waals surface area contributed by atoms with Crippen molar-refractivity contribution in [2.24, 2.45) is 0 Å². The molecular weight excluding hydrogens is 340 g/mol. The fourth-order valence-electron chi connectivity index (χ4n) is 3.74. The number of carbonyl (C=O) groups excluding carboxylic acids is 1. The number of piperidine rings is 1. The van der Waals surface area contributed by atoms with E-state index >= 15 is 0 Å². The van der Waals surface area contributed by atoms with Gasteiger partial charge in [0.05, 0.1) is 7.11 Å². The predicted octanol–water partition coefficient (Wildman–Crippen LogP) is 2.78. The third kappa shape index (κ3) is 4.50. The lowest BCUT2D eigenvalue weighted by Crippen LogP contribution is -2.40. The smallest absolute Gasteiger partial charge is 0.253 e. The molecule has 1 aromatic heterocycles. The topological polar surface area (TPSA) is 50.6 Å². The van der Waals surface area contributed by atoms with E-state index in [0.29, 0.717) is 5.92 Å². The summed E-state index contributed by atoms with van der Waals surface area (Å²) >= 11 is 0. The zero-order chi connectivity index (χ0) is 19.4. The fourth-order valence-corrected chi connectivity index (χ4v) is 3.74. The first kappa shape index (κ1) is 19.4. The molecule has 2 aromatic rings. The van der Waals surface area contributed by atoms with Gasteiger partial charge in [-0.1, -0.05) is 0 Å². The lowest BCUT2D eigenvalue weighted by atomic mass is 9.96. The number of ether oxygens (including phenoxy) is 1. The van der Waals surface area contributed by atoms with Crippen molar-refractivity contribution in [1.29, 1.82) is 0 Å². The van der Waals surface area contributed by atoms with Crippen molar-refractivity contribution >= 4 is 5.91 Å². The van der Waals surface area contributed by atoms with Crippen LogP contribution in [-0.2, 0) is 6.54 Å². The van der Waals surface area contributed by atoms with Gasteiger partial charge in [-0.3, -0.25) is 4.79 Å². The van der Waals surface area contributed by atoms with E-state index in [1.54, 1.807) is 7.11 Å². The molecule has 1 aliphatic heterocycles. The average Bonchev–Trinajstić information content (AvgIpc) is 3.14. The summed E-state index contributed by atoms with van der Waals surface area (Å²) < 4.78 is 7.54. The van der Waals surface area contributed by atoms with E-state index in [2.05, 4.69) is 28.5 Å². The van der Waals surface area contributed by atoms with Crippen LogP contribution in [0.5, 0.6) is 5.75 Å². The van der Waals surface area contributed by atoms with Crippen LogP contribution < -0.4 is 4.74 Å². The molecule has 1 saturated heterocycles. The summed E-state index contributed by atoms with van der Waals surface area (Å²) in [4.78, 5) is 21.8. The molecule has 0 N–H and O–H groups in total. The van der Waals surface area contributed by atoms with Crippen molar-refractivity contribution in [3.05, 3.63) is 47.5 Å². The quantitative estimate of drug-likeness (QED) is 0.785. The van der Waals surface area contributed by atoms with E-state index in [1.165, 1.54) is 0 Å². The molecule has 2 heterocycles. The number of carbonyl (C=O) groups is 1. The zero-order valence-electron chi connectivity index (χ0n) is 16.8. The first-order chi connectivity index (χ1) is 13.0. The number of imidazole rings is 1. The standard InChI is InChI=1S/C21H30N4O2/c1-16-14-17(7-8-19(16)27-4)21(26)25-10-5-6-18(15-25)20-22-9-11-24(20)13-12-23(2)3/h7-9,11,14,18H,5-6,10,12-13,15H2,1-4H3/t18-/m0/s1. The number of amides is 1. The second-order valence-corrected chi connectivity index (χ2v) is 7.56. The van der Waals surface area contributed by atoms with Crippen LogP contribution in [0.1, 0.15) is 40.5 Å². The number of benzene rings is 1. The zero-order valence-corrected chi connectivity index (χ0v) is 16.8. The summed E-state index contributed by atoms with van der Waals surface area (Å²) in [6.07, 6.45) is 6.00. The Kier molecular flexibility index (Phi) is 6.16. The number of rotatable bonds is 6. The molecule has 6 nitrogen and oxygen atoms in total. The van der Waals surface area contributed by atoms with Gasteiger partial charge >= 0.3 is 0 Å². The van der Waals surface area contributed by atoms with Gasteiger partial charge in [-0.15, -0.1) is 0 Å². The van der Waals surface area contributed by atoms with Gasteiger partial charge in [0, 0.05) is 50.1 Å². The van der Waals surface area contributed by atoms with Crippen molar-refractivity contribution < 1.29 is 9.53 Å². The number of hydrogen-bond acceptors (Lipinski definition) is 4. The van der Waals surface area contributed by atoms with Gasteiger partial charge in [-0.05, 0) is 57.6 Å². The van der Waals surface area contributed by atoms with E-state index in [-0.39, 0.29) is 5.91 Å². The molecule has 1 fully saturated rings. The van der Waals surface area contributed by atoms with E-state index < -0.39 is 0 Å². The highest BCUT2D eigenvalue weighted by Gasteiger charge is 2.28. The summed E-state index contributed by atoms with van der Waals surface area (Å²) in [5, 5.41) is 0.